The average molecular weight is 509 g/mol. The molecule has 5 aromatic rings. The van der Waals surface area contributed by atoms with E-state index in [1.54, 1.807) is 23.0 Å². The third kappa shape index (κ3) is 4.82. The normalized spacial score (nSPS) is 15.3. The van der Waals surface area contributed by atoms with Crippen LogP contribution in [0.5, 0.6) is 5.75 Å². The molecule has 3 aromatic carbocycles. The number of aromatic nitrogens is 5. The van der Waals surface area contributed by atoms with Crippen molar-refractivity contribution < 1.29 is 14.3 Å². The molecule has 1 amide bonds. The summed E-state index contributed by atoms with van der Waals surface area (Å²) in [6.07, 6.45) is 5.82. The van der Waals surface area contributed by atoms with E-state index in [9.17, 15) is 4.79 Å². The summed E-state index contributed by atoms with van der Waals surface area (Å²) >= 11 is 0. The number of carbonyl (C=O) groups is 1. The molecule has 2 aromatic heterocycles. The Hall–Kier alpha value is -4.66. The Kier molecular flexibility index (Phi) is 6.25. The fourth-order valence-corrected chi connectivity index (χ4v) is 4.83. The average Bonchev–Trinajstić information content (AvgIpc) is 3.67. The number of benzene rings is 3. The molecule has 3 heterocycles. The van der Waals surface area contributed by atoms with Crippen molar-refractivity contribution in [1.29, 1.82) is 0 Å². The summed E-state index contributed by atoms with van der Waals surface area (Å²) < 4.78 is 15.0. The van der Waals surface area contributed by atoms with Gasteiger partial charge >= 0.3 is 6.09 Å². The molecular weight excluding hydrogens is 480 g/mol. The molecule has 0 bridgehead atoms. The molecule has 0 radical (unpaired) electrons. The number of fused-ring (bicyclic) bond motifs is 1. The van der Waals surface area contributed by atoms with Gasteiger partial charge in [0, 0.05) is 31.3 Å². The molecule has 1 fully saturated rings. The van der Waals surface area contributed by atoms with Gasteiger partial charge in [-0.3, -0.25) is 4.68 Å². The second-order valence-electron chi connectivity index (χ2n) is 9.53. The maximum atomic E-state index is 12.5. The van der Waals surface area contributed by atoms with Crippen molar-refractivity contribution in [2.24, 2.45) is 0 Å². The molecule has 1 atom stereocenters. The minimum absolute atomic E-state index is 0.186. The number of amides is 1. The molecule has 0 N–H and O–H groups in total. The number of rotatable bonds is 8. The topological polar surface area (TPSA) is 87.3 Å². The zero-order valence-corrected chi connectivity index (χ0v) is 21.3. The van der Waals surface area contributed by atoms with Crippen molar-refractivity contribution in [2.45, 2.75) is 32.5 Å². The van der Waals surface area contributed by atoms with Gasteiger partial charge in [-0.05, 0) is 41.5 Å². The van der Waals surface area contributed by atoms with Gasteiger partial charge in [-0.25, -0.2) is 9.78 Å². The fourth-order valence-electron chi connectivity index (χ4n) is 4.83. The first-order valence-electron chi connectivity index (χ1n) is 12.6. The number of nitrogens with zero attached hydrogens (tertiary/aromatic N) is 6. The Morgan fingerprint density at radius 3 is 2.74 bits per heavy atom. The maximum Gasteiger partial charge on any atom is 0.410 e. The van der Waals surface area contributed by atoms with Gasteiger partial charge in [-0.15, -0.1) is 5.10 Å². The first kappa shape index (κ1) is 23.7. The third-order valence-corrected chi connectivity index (χ3v) is 6.82. The Morgan fingerprint density at radius 1 is 1.05 bits per heavy atom. The van der Waals surface area contributed by atoms with E-state index in [0.29, 0.717) is 26.1 Å². The predicted molar refractivity (Wildman–Crippen MR) is 143 cm³/mol. The van der Waals surface area contributed by atoms with Crippen LogP contribution in [-0.4, -0.2) is 55.3 Å². The number of methoxy groups -OCH3 is 1. The van der Waals surface area contributed by atoms with E-state index in [1.165, 1.54) is 10.8 Å². The first-order valence-corrected chi connectivity index (χ1v) is 12.6. The van der Waals surface area contributed by atoms with Crippen LogP contribution in [0.15, 0.2) is 79.4 Å². The lowest BCUT2D eigenvalue weighted by molar-refractivity contribution is 0.125. The fraction of sp³-hybridized carbons (Fsp3) is 0.241. The number of cyclic esters (lactones) is 1. The van der Waals surface area contributed by atoms with Crippen LogP contribution in [0.1, 0.15) is 17.7 Å². The van der Waals surface area contributed by atoms with Crippen LogP contribution in [-0.2, 0) is 17.8 Å². The highest BCUT2D eigenvalue weighted by atomic mass is 16.6. The minimum Gasteiger partial charge on any atom is -0.495 e. The van der Waals surface area contributed by atoms with Gasteiger partial charge in [-0.2, -0.15) is 0 Å². The van der Waals surface area contributed by atoms with E-state index < -0.39 is 0 Å². The molecule has 0 saturated carbocycles. The SMILES string of the molecule is COc1cc(-c2cn(CC[C@H]3CN(Cc4ccc5ccccc5c4)C(=O)O3)nn2)ccc1-n1cnc(C)c1. The lowest BCUT2D eigenvalue weighted by Crippen LogP contribution is -2.24. The van der Waals surface area contributed by atoms with Crippen molar-refractivity contribution in [1.82, 2.24) is 29.4 Å². The van der Waals surface area contributed by atoms with E-state index in [1.807, 2.05) is 54.2 Å². The molecule has 1 saturated heterocycles. The quantitative estimate of drug-likeness (QED) is 0.293. The maximum absolute atomic E-state index is 12.5. The van der Waals surface area contributed by atoms with Crippen LogP contribution in [0.2, 0.25) is 0 Å². The second-order valence-corrected chi connectivity index (χ2v) is 9.53. The van der Waals surface area contributed by atoms with Gasteiger partial charge < -0.3 is 18.9 Å². The molecule has 0 spiro atoms. The second kappa shape index (κ2) is 10.0. The number of hydrogen-bond acceptors (Lipinski definition) is 6. The zero-order chi connectivity index (χ0) is 26.1. The summed E-state index contributed by atoms with van der Waals surface area (Å²) in [5.41, 5.74) is 4.58. The molecule has 0 aliphatic carbocycles. The highest BCUT2D eigenvalue weighted by molar-refractivity contribution is 5.83. The molecule has 9 heteroatoms. The van der Waals surface area contributed by atoms with Crippen LogP contribution < -0.4 is 4.74 Å². The first-order chi connectivity index (χ1) is 18.6. The third-order valence-electron chi connectivity index (χ3n) is 6.82. The number of carbonyl (C=O) groups excluding carboxylic acids is 1. The van der Waals surface area contributed by atoms with Gasteiger partial charge in [0.15, 0.2) is 0 Å². The van der Waals surface area contributed by atoms with Crippen molar-refractivity contribution in [2.75, 3.05) is 13.7 Å². The summed E-state index contributed by atoms with van der Waals surface area (Å²) in [7, 11) is 1.65. The Bertz CT molecular complexity index is 1610. The Morgan fingerprint density at radius 2 is 1.92 bits per heavy atom. The van der Waals surface area contributed by atoms with Crippen molar-refractivity contribution in [3.63, 3.8) is 0 Å². The summed E-state index contributed by atoms with van der Waals surface area (Å²) in [6.45, 7) is 3.63. The zero-order valence-electron chi connectivity index (χ0n) is 21.3. The number of aryl methyl sites for hydroxylation is 2. The molecule has 1 aliphatic heterocycles. The van der Waals surface area contributed by atoms with Crippen LogP contribution >= 0.6 is 0 Å². The summed E-state index contributed by atoms with van der Waals surface area (Å²) in [6, 6.07) is 20.4. The number of imidazole rings is 1. The van der Waals surface area contributed by atoms with Gasteiger partial charge in [0.2, 0.25) is 0 Å². The van der Waals surface area contributed by atoms with E-state index in [-0.39, 0.29) is 12.2 Å². The summed E-state index contributed by atoms with van der Waals surface area (Å²) in [5.74, 6) is 0.721. The predicted octanol–water partition coefficient (Wildman–Crippen LogP) is 5.01. The number of ether oxygens (including phenoxy) is 2. The summed E-state index contributed by atoms with van der Waals surface area (Å²) in [4.78, 5) is 18.6. The van der Waals surface area contributed by atoms with E-state index >= 15 is 0 Å². The highest BCUT2D eigenvalue weighted by Gasteiger charge is 2.31. The molecule has 0 unspecified atom stereocenters. The highest BCUT2D eigenvalue weighted by Crippen LogP contribution is 2.29. The number of hydrogen-bond donors (Lipinski definition) is 0. The molecule has 9 nitrogen and oxygen atoms in total. The molecule has 192 valence electrons. The lowest BCUT2D eigenvalue weighted by Gasteiger charge is -2.13. The molecule has 38 heavy (non-hydrogen) atoms. The lowest BCUT2D eigenvalue weighted by atomic mass is 10.1. The van der Waals surface area contributed by atoms with Gasteiger partial charge in [0.25, 0.3) is 0 Å². The van der Waals surface area contributed by atoms with Crippen LogP contribution in [0.4, 0.5) is 4.79 Å². The van der Waals surface area contributed by atoms with Crippen molar-refractivity contribution in [3.05, 3.63) is 90.6 Å². The smallest absolute Gasteiger partial charge is 0.410 e. The van der Waals surface area contributed by atoms with E-state index in [4.69, 9.17) is 9.47 Å². The van der Waals surface area contributed by atoms with Crippen molar-refractivity contribution in [3.8, 4) is 22.7 Å². The van der Waals surface area contributed by atoms with Crippen LogP contribution in [0, 0.1) is 6.92 Å². The van der Waals surface area contributed by atoms with Gasteiger partial charge in [0.05, 0.1) is 37.6 Å². The van der Waals surface area contributed by atoms with Crippen LogP contribution in [0.3, 0.4) is 0 Å². The standard InChI is InChI=1S/C29H28N6O3/c1-20-15-34(19-30-20)27-10-9-24(14-28(27)37-2)26-18-35(32-31-26)12-11-25-17-33(29(36)38-25)16-21-7-8-22-5-3-4-6-23(22)13-21/h3-10,13-15,18-19,25H,11-12,16-17H2,1-2H3/t25-/m0/s1. The van der Waals surface area contributed by atoms with Crippen LogP contribution in [0.25, 0.3) is 27.7 Å². The Labute approximate surface area is 220 Å². The summed E-state index contributed by atoms with van der Waals surface area (Å²) in [5, 5.41) is 11.0. The monoisotopic (exact) mass is 508 g/mol. The molecule has 1 aliphatic rings. The largest absolute Gasteiger partial charge is 0.495 e. The van der Waals surface area contributed by atoms with E-state index in [0.717, 1.165) is 34.0 Å². The molecular formula is C29H28N6O3. The van der Waals surface area contributed by atoms with Crippen molar-refractivity contribution >= 4 is 16.9 Å². The van der Waals surface area contributed by atoms with E-state index in [2.05, 4.69) is 45.6 Å². The minimum atomic E-state index is -0.275. The Balaban J connectivity index is 1.08. The van der Waals surface area contributed by atoms with Gasteiger partial charge in [0.1, 0.15) is 17.5 Å². The molecule has 6 rings (SSSR count). The van der Waals surface area contributed by atoms with Gasteiger partial charge in [-0.1, -0.05) is 47.7 Å².